The number of piperidine rings is 1. The summed E-state index contributed by atoms with van der Waals surface area (Å²) in [6, 6.07) is 1.53. The molecule has 2 unspecified atom stereocenters. The van der Waals surface area contributed by atoms with Gasteiger partial charge in [-0.3, -0.25) is 0 Å². The van der Waals surface area contributed by atoms with Gasteiger partial charge < -0.3 is 10.1 Å². The van der Waals surface area contributed by atoms with Crippen molar-refractivity contribution in [3.63, 3.8) is 0 Å². The Morgan fingerprint density at radius 3 is 2.15 bits per heavy atom. The smallest absolute Gasteiger partial charge is 0.0736 e. The SMILES string of the molecule is COC1(C2CC2)CC2CCC(C1)N2. The van der Waals surface area contributed by atoms with Crippen LogP contribution >= 0.6 is 0 Å². The quantitative estimate of drug-likeness (QED) is 0.700. The molecule has 3 rings (SSSR count). The number of hydrogen-bond acceptors (Lipinski definition) is 2. The van der Waals surface area contributed by atoms with Gasteiger partial charge in [-0.1, -0.05) is 0 Å². The Kier molecular flexibility index (Phi) is 1.72. The lowest BCUT2D eigenvalue weighted by Gasteiger charge is -2.40. The van der Waals surface area contributed by atoms with E-state index in [1.54, 1.807) is 0 Å². The Hall–Kier alpha value is -0.0800. The summed E-state index contributed by atoms with van der Waals surface area (Å²) in [7, 11) is 1.92. The van der Waals surface area contributed by atoms with Crippen LogP contribution in [-0.2, 0) is 4.74 Å². The van der Waals surface area contributed by atoms with Crippen molar-refractivity contribution in [1.29, 1.82) is 0 Å². The molecule has 74 valence electrons. The minimum atomic E-state index is 0.275. The van der Waals surface area contributed by atoms with E-state index in [0.717, 1.165) is 18.0 Å². The lowest BCUT2D eigenvalue weighted by atomic mass is 9.83. The van der Waals surface area contributed by atoms with Crippen molar-refractivity contribution in [2.24, 2.45) is 5.92 Å². The zero-order valence-corrected chi connectivity index (χ0v) is 8.38. The molecule has 1 N–H and O–H groups in total. The molecule has 2 heteroatoms. The van der Waals surface area contributed by atoms with Crippen molar-refractivity contribution in [3.05, 3.63) is 0 Å². The standard InChI is InChI=1S/C11H19NO/c1-13-11(8-2-3-8)6-9-4-5-10(7-11)12-9/h8-10,12H,2-7H2,1H3. The van der Waals surface area contributed by atoms with Gasteiger partial charge >= 0.3 is 0 Å². The molecule has 1 saturated carbocycles. The second-order valence-electron chi connectivity index (χ2n) is 5.09. The topological polar surface area (TPSA) is 21.3 Å². The molecule has 0 aromatic rings. The van der Waals surface area contributed by atoms with Crippen LogP contribution in [0.15, 0.2) is 0 Å². The average Bonchev–Trinajstić information content (AvgIpc) is 2.94. The van der Waals surface area contributed by atoms with Gasteiger partial charge in [0.05, 0.1) is 5.60 Å². The summed E-state index contributed by atoms with van der Waals surface area (Å²) in [5.41, 5.74) is 0.275. The fourth-order valence-electron chi connectivity index (χ4n) is 3.42. The maximum absolute atomic E-state index is 5.84. The van der Waals surface area contributed by atoms with Crippen LogP contribution in [0.3, 0.4) is 0 Å². The van der Waals surface area contributed by atoms with Crippen molar-refractivity contribution in [1.82, 2.24) is 5.32 Å². The molecular weight excluding hydrogens is 162 g/mol. The van der Waals surface area contributed by atoms with Gasteiger partial charge in [-0.05, 0) is 44.4 Å². The second-order valence-corrected chi connectivity index (χ2v) is 5.09. The van der Waals surface area contributed by atoms with Gasteiger partial charge in [0.15, 0.2) is 0 Å². The van der Waals surface area contributed by atoms with Crippen molar-refractivity contribution < 1.29 is 4.74 Å². The first-order chi connectivity index (χ1) is 6.32. The molecule has 0 aromatic heterocycles. The Morgan fingerprint density at radius 1 is 1.08 bits per heavy atom. The van der Waals surface area contributed by atoms with Crippen molar-refractivity contribution in [3.8, 4) is 0 Å². The van der Waals surface area contributed by atoms with Crippen LogP contribution in [0.2, 0.25) is 0 Å². The highest BCUT2D eigenvalue weighted by atomic mass is 16.5. The Bertz CT molecular complexity index is 200. The third kappa shape index (κ3) is 1.23. The van der Waals surface area contributed by atoms with E-state index < -0.39 is 0 Å². The zero-order chi connectivity index (χ0) is 8.89. The Balaban J connectivity index is 1.81. The third-order valence-electron chi connectivity index (χ3n) is 4.25. The first kappa shape index (κ1) is 8.25. The van der Waals surface area contributed by atoms with E-state index in [2.05, 4.69) is 5.32 Å². The summed E-state index contributed by atoms with van der Waals surface area (Å²) in [6.45, 7) is 0. The molecule has 2 bridgehead atoms. The number of methoxy groups -OCH3 is 1. The van der Waals surface area contributed by atoms with Crippen LogP contribution in [0.4, 0.5) is 0 Å². The Labute approximate surface area is 80.0 Å². The van der Waals surface area contributed by atoms with E-state index in [1.165, 1.54) is 38.5 Å². The molecule has 0 aromatic carbocycles. The third-order valence-corrected chi connectivity index (χ3v) is 4.25. The molecule has 2 atom stereocenters. The normalized spacial score (nSPS) is 49.6. The molecule has 3 fully saturated rings. The lowest BCUT2D eigenvalue weighted by molar-refractivity contribution is -0.0644. The van der Waals surface area contributed by atoms with Crippen LogP contribution in [0, 0.1) is 5.92 Å². The highest BCUT2D eigenvalue weighted by Crippen LogP contribution is 2.50. The second kappa shape index (κ2) is 2.71. The molecule has 2 saturated heterocycles. The molecular formula is C11H19NO. The zero-order valence-electron chi connectivity index (χ0n) is 8.38. The van der Waals surface area contributed by atoms with Gasteiger partial charge in [-0.25, -0.2) is 0 Å². The van der Waals surface area contributed by atoms with E-state index in [0.29, 0.717) is 0 Å². The van der Waals surface area contributed by atoms with Crippen LogP contribution < -0.4 is 5.32 Å². The molecule has 2 aliphatic heterocycles. The number of fused-ring (bicyclic) bond motifs is 2. The fraction of sp³-hybridized carbons (Fsp3) is 1.00. The van der Waals surface area contributed by atoms with Gasteiger partial charge in [0.25, 0.3) is 0 Å². The molecule has 0 spiro atoms. The van der Waals surface area contributed by atoms with Gasteiger partial charge in [0, 0.05) is 19.2 Å². The van der Waals surface area contributed by atoms with Crippen LogP contribution in [0.25, 0.3) is 0 Å². The lowest BCUT2D eigenvalue weighted by Crippen LogP contribution is -2.50. The van der Waals surface area contributed by atoms with Crippen LogP contribution in [0.5, 0.6) is 0 Å². The van der Waals surface area contributed by atoms with Gasteiger partial charge in [0.2, 0.25) is 0 Å². The largest absolute Gasteiger partial charge is 0.378 e. The van der Waals surface area contributed by atoms with E-state index in [4.69, 9.17) is 4.74 Å². The molecule has 0 amide bonds. The summed E-state index contributed by atoms with van der Waals surface area (Å²) >= 11 is 0. The molecule has 2 nitrogen and oxygen atoms in total. The summed E-state index contributed by atoms with van der Waals surface area (Å²) in [5.74, 6) is 0.891. The first-order valence-electron chi connectivity index (χ1n) is 5.63. The Morgan fingerprint density at radius 2 is 1.69 bits per heavy atom. The molecule has 1 aliphatic carbocycles. The van der Waals surface area contributed by atoms with Crippen molar-refractivity contribution in [2.45, 2.75) is 56.2 Å². The molecule has 0 radical (unpaired) electrons. The minimum Gasteiger partial charge on any atom is -0.378 e. The predicted octanol–water partition coefficient (Wildman–Crippen LogP) is 1.70. The predicted molar refractivity (Wildman–Crippen MR) is 51.6 cm³/mol. The highest BCUT2D eigenvalue weighted by molar-refractivity contribution is 5.06. The number of hydrogen-bond donors (Lipinski definition) is 1. The summed E-state index contributed by atoms with van der Waals surface area (Å²) < 4.78 is 5.84. The minimum absolute atomic E-state index is 0.275. The van der Waals surface area contributed by atoms with E-state index in [-0.39, 0.29) is 5.60 Å². The van der Waals surface area contributed by atoms with Gasteiger partial charge in [0.1, 0.15) is 0 Å². The van der Waals surface area contributed by atoms with Crippen LogP contribution in [0.1, 0.15) is 38.5 Å². The molecule has 13 heavy (non-hydrogen) atoms. The summed E-state index contributed by atoms with van der Waals surface area (Å²) in [4.78, 5) is 0. The van der Waals surface area contributed by atoms with E-state index in [9.17, 15) is 0 Å². The maximum Gasteiger partial charge on any atom is 0.0736 e. The molecule has 3 aliphatic rings. The highest BCUT2D eigenvalue weighted by Gasteiger charge is 2.52. The van der Waals surface area contributed by atoms with Gasteiger partial charge in [-0.2, -0.15) is 0 Å². The molecule has 2 heterocycles. The van der Waals surface area contributed by atoms with Crippen LogP contribution in [-0.4, -0.2) is 24.8 Å². The monoisotopic (exact) mass is 181 g/mol. The summed E-state index contributed by atoms with van der Waals surface area (Å²) in [6.07, 6.45) is 8.11. The van der Waals surface area contributed by atoms with E-state index >= 15 is 0 Å². The number of ether oxygens (including phenoxy) is 1. The average molecular weight is 181 g/mol. The van der Waals surface area contributed by atoms with Gasteiger partial charge in [-0.15, -0.1) is 0 Å². The first-order valence-corrected chi connectivity index (χ1v) is 5.63. The maximum atomic E-state index is 5.84. The fourth-order valence-corrected chi connectivity index (χ4v) is 3.42. The van der Waals surface area contributed by atoms with E-state index in [1.807, 2.05) is 7.11 Å². The van der Waals surface area contributed by atoms with Crippen molar-refractivity contribution in [2.75, 3.05) is 7.11 Å². The number of nitrogens with one attached hydrogen (secondary N) is 1. The number of rotatable bonds is 2. The van der Waals surface area contributed by atoms with Crippen molar-refractivity contribution >= 4 is 0 Å². The summed E-state index contributed by atoms with van der Waals surface area (Å²) in [5, 5.41) is 3.68.